The molecule has 9 heteroatoms. The number of nitro groups is 1. The van der Waals surface area contributed by atoms with Crippen LogP contribution in [-0.2, 0) is 22.3 Å². The van der Waals surface area contributed by atoms with E-state index >= 15 is 0 Å². The lowest BCUT2D eigenvalue weighted by Crippen LogP contribution is -2.25. The fraction of sp³-hybridized carbons (Fsp3) is 0.118. The highest BCUT2D eigenvalue weighted by Gasteiger charge is 2.15. The Kier molecular flexibility index (Phi) is 5.10. The van der Waals surface area contributed by atoms with Crippen molar-refractivity contribution in [3.8, 4) is 5.69 Å². The summed E-state index contributed by atoms with van der Waals surface area (Å²) in [5.41, 5.74) is 1.83. The van der Waals surface area contributed by atoms with Gasteiger partial charge in [0.1, 0.15) is 0 Å². The van der Waals surface area contributed by atoms with E-state index in [1.807, 2.05) is 24.3 Å². The van der Waals surface area contributed by atoms with Crippen LogP contribution in [0.5, 0.6) is 0 Å². The van der Waals surface area contributed by atoms with Gasteiger partial charge in [-0.15, -0.1) is 0 Å². The van der Waals surface area contributed by atoms with Crippen molar-refractivity contribution in [3.63, 3.8) is 0 Å². The maximum Gasteiger partial charge on any atom is 0.269 e. The average molecular weight is 372 g/mol. The molecule has 26 heavy (non-hydrogen) atoms. The van der Waals surface area contributed by atoms with Crippen molar-refractivity contribution in [2.75, 3.05) is 0 Å². The van der Waals surface area contributed by atoms with Gasteiger partial charge in [0.15, 0.2) is 0 Å². The van der Waals surface area contributed by atoms with Crippen LogP contribution >= 0.6 is 0 Å². The number of rotatable bonds is 7. The van der Waals surface area contributed by atoms with E-state index in [1.54, 1.807) is 29.4 Å². The topological polar surface area (TPSA) is 107 Å². The summed E-state index contributed by atoms with van der Waals surface area (Å²) >= 11 is 0. The lowest BCUT2D eigenvalue weighted by molar-refractivity contribution is -0.384. The predicted octanol–water partition coefficient (Wildman–Crippen LogP) is 2.40. The van der Waals surface area contributed by atoms with Crippen molar-refractivity contribution < 1.29 is 13.3 Å². The normalized spacial score (nSPS) is 11.4. The molecule has 1 N–H and O–H groups in total. The van der Waals surface area contributed by atoms with Crippen molar-refractivity contribution in [2.45, 2.75) is 12.3 Å². The number of imidazole rings is 1. The monoisotopic (exact) mass is 372 g/mol. The molecule has 0 amide bonds. The van der Waals surface area contributed by atoms with Gasteiger partial charge in [-0.1, -0.05) is 30.3 Å². The van der Waals surface area contributed by atoms with Crippen molar-refractivity contribution in [1.29, 1.82) is 0 Å². The third-order valence-electron chi connectivity index (χ3n) is 3.73. The second-order valence-corrected chi connectivity index (χ2v) is 7.41. The first kappa shape index (κ1) is 17.8. The van der Waals surface area contributed by atoms with Crippen LogP contribution in [0.4, 0.5) is 5.69 Å². The minimum Gasteiger partial charge on any atom is -0.306 e. The first-order valence-corrected chi connectivity index (χ1v) is 9.37. The van der Waals surface area contributed by atoms with E-state index in [0.29, 0.717) is 5.56 Å². The van der Waals surface area contributed by atoms with E-state index < -0.39 is 14.9 Å². The molecule has 2 aromatic carbocycles. The highest BCUT2D eigenvalue weighted by atomic mass is 32.2. The van der Waals surface area contributed by atoms with Crippen LogP contribution in [0.15, 0.2) is 67.3 Å². The second kappa shape index (κ2) is 7.46. The molecular formula is C17H16N4O4S. The molecule has 0 unspecified atom stereocenters. The number of sulfonamides is 1. The molecule has 0 aliphatic heterocycles. The molecule has 0 aliphatic rings. The van der Waals surface area contributed by atoms with E-state index in [-0.39, 0.29) is 18.0 Å². The van der Waals surface area contributed by atoms with Gasteiger partial charge in [0.05, 0.1) is 22.7 Å². The molecule has 0 saturated carbocycles. The number of non-ortho nitro benzene ring substituents is 1. The standard InChI is InChI=1S/C17H16N4O4S/c22-21(23)16-6-3-4-14(10-16)12-26(24,25)19-11-15-5-1-2-7-17(15)20-9-8-18-13-20/h1-10,13,19H,11-12H2. The molecule has 1 heterocycles. The summed E-state index contributed by atoms with van der Waals surface area (Å²) in [6.07, 6.45) is 5.05. The molecule has 1 aromatic heterocycles. The number of nitro benzene ring substituents is 1. The molecule has 0 radical (unpaired) electrons. The Balaban J connectivity index is 1.74. The van der Waals surface area contributed by atoms with Gasteiger partial charge in [0.2, 0.25) is 10.0 Å². The van der Waals surface area contributed by atoms with Gasteiger partial charge in [-0.05, 0) is 17.2 Å². The molecular weight excluding hydrogens is 356 g/mol. The minimum absolute atomic E-state index is 0.103. The van der Waals surface area contributed by atoms with Gasteiger partial charge in [-0.25, -0.2) is 18.1 Å². The molecule has 0 atom stereocenters. The molecule has 3 aromatic rings. The Bertz CT molecular complexity index is 1020. The molecule has 3 rings (SSSR count). The summed E-state index contributed by atoms with van der Waals surface area (Å²) in [6.45, 7) is 0.103. The Morgan fingerprint density at radius 3 is 2.69 bits per heavy atom. The van der Waals surface area contributed by atoms with Gasteiger partial charge in [0, 0.05) is 31.1 Å². The van der Waals surface area contributed by atoms with Crippen LogP contribution in [0.1, 0.15) is 11.1 Å². The quantitative estimate of drug-likeness (QED) is 0.506. The SMILES string of the molecule is O=[N+]([O-])c1cccc(CS(=O)(=O)NCc2ccccc2-n2ccnc2)c1. The zero-order valence-corrected chi connectivity index (χ0v) is 14.5. The number of aromatic nitrogens is 2. The summed E-state index contributed by atoms with van der Waals surface area (Å²) in [5.74, 6) is -0.331. The highest BCUT2D eigenvalue weighted by Crippen LogP contribution is 2.17. The maximum absolute atomic E-state index is 12.4. The zero-order chi connectivity index (χ0) is 18.6. The van der Waals surface area contributed by atoms with E-state index in [1.165, 1.54) is 18.2 Å². The van der Waals surface area contributed by atoms with E-state index in [4.69, 9.17) is 0 Å². The largest absolute Gasteiger partial charge is 0.306 e. The van der Waals surface area contributed by atoms with Crippen molar-refractivity contribution in [2.24, 2.45) is 0 Å². The molecule has 0 spiro atoms. The Labute approximate surface area is 150 Å². The minimum atomic E-state index is -3.66. The zero-order valence-electron chi connectivity index (χ0n) is 13.6. The molecule has 8 nitrogen and oxygen atoms in total. The van der Waals surface area contributed by atoms with Crippen LogP contribution in [0.25, 0.3) is 5.69 Å². The summed E-state index contributed by atoms with van der Waals surface area (Å²) in [6, 6.07) is 13.0. The van der Waals surface area contributed by atoms with Crippen molar-refractivity contribution >= 4 is 15.7 Å². The number of nitrogens with zero attached hydrogens (tertiary/aromatic N) is 3. The van der Waals surface area contributed by atoms with E-state index in [0.717, 1.165) is 11.3 Å². The number of nitrogens with one attached hydrogen (secondary N) is 1. The van der Waals surface area contributed by atoms with E-state index in [9.17, 15) is 18.5 Å². The first-order valence-electron chi connectivity index (χ1n) is 7.71. The summed E-state index contributed by atoms with van der Waals surface area (Å²) < 4.78 is 29.0. The van der Waals surface area contributed by atoms with Gasteiger partial charge >= 0.3 is 0 Å². The fourth-order valence-corrected chi connectivity index (χ4v) is 3.63. The van der Waals surface area contributed by atoms with Gasteiger partial charge < -0.3 is 4.57 Å². The van der Waals surface area contributed by atoms with Gasteiger partial charge in [-0.3, -0.25) is 10.1 Å². The lowest BCUT2D eigenvalue weighted by Gasteiger charge is -2.11. The van der Waals surface area contributed by atoms with E-state index in [2.05, 4.69) is 9.71 Å². The second-order valence-electron chi connectivity index (χ2n) is 5.61. The number of hydrogen-bond acceptors (Lipinski definition) is 5. The average Bonchev–Trinajstić information content (AvgIpc) is 3.14. The van der Waals surface area contributed by atoms with Crippen LogP contribution in [-0.4, -0.2) is 22.9 Å². The third-order valence-corrected chi connectivity index (χ3v) is 5.03. The summed E-state index contributed by atoms with van der Waals surface area (Å²) in [5, 5.41) is 10.8. The highest BCUT2D eigenvalue weighted by molar-refractivity contribution is 7.88. The smallest absolute Gasteiger partial charge is 0.269 e. The summed E-state index contributed by atoms with van der Waals surface area (Å²) in [4.78, 5) is 14.3. The van der Waals surface area contributed by atoms with Crippen LogP contribution in [0, 0.1) is 10.1 Å². The fourth-order valence-electron chi connectivity index (χ4n) is 2.53. The number of para-hydroxylation sites is 1. The van der Waals surface area contributed by atoms with Crippen LogP contribution in [0.3, 0.4) is 0 Å². The van der Waals surface area contributed by atoms with Gasteiger partial charge in [-0.2, -0.15) is 0 Å². The van der Waals surface area contributed by atoms with Gasteiger partial charge in [0.25, 0.3) is 5.69 Å². The first-order chi connectivity index (χ1) is 12.4. The molecule has 0 saturated heterocycles. The lowest BCUT2D eigenvalue weighted by atomic mass is 10.2. The predicted molar refractivity (Wildman–Crippen MR) is 96.1 cm³/mol. The summed E-state index contributed by atoms with van der Waals surface area (Å²) in [7, 11) is -3.66. The van der Waals surface area contributed by atoms with Crippen LogP contribution < -0.4 is 4.72 Å². The molecule has 0 fully saturated rings. The Morgan fingerprint density at radius 2 is 1.96 bits per heavy atom. The Morgan fingerprint density at radius 1 is 1.15 bits per heavy atom. The third kappa shape index (κ3) is 4.32. The number of benzene rings is 2. The van der Waals surface area contributed by atoms with Crippen molar-refractivity contribution in [3.05, 3.63) is 88.5 Å². The molecule has 0 bridgehead atoms. The Hall–Kier alpha value is -3.04. The molecule has 134 valence electrons. The van der Waals surface area contributed by atoms with Crippen LogP contribution in [0.2, 0.25) is 0 Å². The number of hydrogen-bond donors (Lipinski definition) is 1. The maximum atomic E-state index is 12.4. The van der Waals surface area contributed by atoms with Crippen molar-refractivity contribution in [1.82, 2.24) is 14.3 Å². The molecule has 0 aliphatic carbocycles.